The summed E-state index contributed by atoms with van der Waals surface area (Å²) in [5, 5.41) is 8.56. The molecule has 0 saturated heterocycles. The van der Waals surface area contributed by atoms with Crippen molar-refractivity contribution in [2.45, 2.75) is 59.3 Å². The molecule has 0 aliphatic heterocycles. The quantitative estimate of drug-likeness (QED) is 0.199. The summed E-state index contributed by atoms with van der Waals surface area (Å²) in [5.41, 5.74) is 2.90. The topological polar surface area (TPSA) is 60.2 Å². The molecule has 0 bridgehead atoms. The number of hydrogen-bond acceptors (Lipinski definition) is 5. The lowest BCUT2D eigenvalue weighted by molar-refractivity contribution is -0.147. The van der Waals surface area contributed by atoms with Gasteiger partial charge in [0.25, 0.3) is 0 Å². The number of unbranched alkanes of at least 4 members (excludes halogenated alkanes) is 3. The molecule has 0 aliphatic carbocycles. The van der Waals surface area contributed by atoms with Gasteiger partial charge in [0, 0.05) is 0 Å². The third kappa shape index (κ3) is 9.21. The first-order valence-corrected chi connectivity index (χ1v) is 11.0. The Hall–Kier alpha value is -2.69. The third-order valence-corrected chi connectivity index (χ3v) is 4.96. The number of aryl methyl sites for hydroxylation is 1. The lowest BCUT2D eigenvalue weighted by Gasteiger charge is -2.10. The monoisotopic (exact) mass is 410 g/mol. The summed E-state index contributed by atoms with van der Waals surface area (Å²) < 4.78 is 10.6. The minimum atomic E-state index is -0.354. The molecule has 162 valence electrons. The predicted molar refractivity (Wildman–Crippen MR) is 121 cm³/mol. The Morgan fingerprint density at radius 1 is 0.900 bits per heavy atom. The van der Waals surface area contributed by atoms with Crippen LogP contribution in [0.5, 0.6) is 5.75 Å². The Morgan fingerprint density at radius 2 is 1.53 bits per heavy atom. The van der Waals surface area contributed by atoms with Gasteiger partial charge in [-0.25, -0.2) is 4.79 Å². The molecule has 0 saturated carbocycles. The van der Waals surface area contributed by atoms with E-state index in [4.69, 9.17) is 9.47 Å². The number of hydrogen-bond donors (Lipinski definition) is 0. The molecule has 0 spiro atoms. The van der Waals surface area contributed by atoms with E-state index in [1.165, 1.54) is 31.2 Å². The van der Waals surface area contributed by atoms with Gasteiger partial charge in [-0.1, -0.05) is 58.6 Å². The van der Waals surface area contributed by atoms with Crippen LogP contribution in [0.3, 0.4) is 0 Å². The lowest BCUT2D eigenvalue weighted by Crippen LogP contribution is -2.18. The van der Waals surface area contributed by atoms with E-state index in [1.807, 2.05) is 31.2 Å². The van der Waals surface area contributed by atoms with Crippen LogP contribution < -0.4 is 4.74 Å². The zero-order chi connectivity index (χ0) is 21.6. The van der Waals surface area contributed by atoms with Crippen LogP contribution in [-0.4, -0.2) is 19.2 Å². The van der Waals surface area contributed by atoms with Crippen LogP contribution in [0.15, 0.2) is 58.8 Å². The molecule has 1 atom stereocenters. The molecule has 0 heterocycles. The van der Waals surface area contributed by atoms with Gasteiger partial charge >= 0.3 is 5.97 Å². The number of esters is 1. The van der Waals surface area contributed by atoms with Gasteiger partial charge in [-0.05, 0) is 60.7 Å². The Balaban J connectivity index is 1.76. The van der Waals surface area contributed by atoms with Crippen LogP contribution in [0.2, 0.25) is 0 Å². The SMILES string of the molecule is CCCCCCc1ccc(N=Nc2ccc(OCC(=O)OCC(C)CC)cc2)cc1. The second-order valence-electron chi connectivity index (χ2n) is 7.66. The van der Waals surface area contributed by atoms with E-state index in [2.05, 4.69) is 36.2 Å². The number of rotatable bonds is 13. The first kappa shape index (κ1) is 23.6. The fourth-order valence-electron chi connectivity index (χ4n) is 2.75. The highest BCUT2D eigenvalue weighted by Crippen LogP contribution is 2.22. The van der Waals surface area contributed by atoms with Gasteiger partial charge in [0.05, 0.1) is 18.0 Å². The summed E-state index contributed by atoms with van der Waals surface area (Å²) in [7, 11) is 0. The van der Waals surface area contributed by atoms with Gasteiger partial charge in [-0.3, -0.25) is 0 Å². The average molecular weight is 411 g/mol. The highest BCUT2D eigenvalue weighted by molar-refractivity contribution is 5.71. The minimum Gasteiger partial charge on any atom is -0.482 e. The number of benzene rings is 2. The molecule has 30 heavy (non-hydrogen) atoms. The number of nitrogens with zero attached hydrogens (tertiary/aromatic N) is 2. The van der Waals surface area contributed by atoms with Crippen LogP contribution in [0.1, 0.15) is 58.4 Å². The van der Waals surface area contributed by atoms with Gasteiger partial charge in [0.2, 0.25) is 0 Å². The van der Waals surface area contributed by atoms with Crippen molar-refractivity contribution in [1.29, 1.82) is 0 Å². The third-order valence-electron chi connectivity index (χ3n) is 4.96. The Kier molecular flexibility index (Phi) is 10.6. The van der Waals surface area contributed by atoms with Crippen molar-refractivity contribution in [1.82, 2.24) is 0 Å². The molecular weight excluding hydrogens is 376 g/mol. The molecule has 1 unspecified atom stereocenters. The molecule has 0 fully saturated rings. The largest absolute Gasteiger partial charge is 0.482 e. The van der Waals surface area contributed by atoms with Crippen LogP contribution in [0, 0.1) is 5.92 Å². The van der Waals surface area contributed by atoms with E-state index in [0.717, 1.165) is 24.2 Å². The standard InChI is InChI=1S/C25H34N2O3/c1-4-6-7-8-9-21-10-12-22(13-11-21)26-27-23-14-16-24(17-15-23)29-19-25(28)30-18-20(3)5-2/h10-17,20H,4-9,18-19H2,1-3H3. The van der Waals surface area contributed by atoms with E-state index in [9.17, 15) is 4.79 Å². The summed E-state index contributed by atoms with van der Waals surface area (Å²) in [5.74, 6) is 0.607. The first-order chi connectivity index (χ1) is 14.6. The zero-order valence-corrected chi connectivity index (χ0v) is 18.5. The molecule has 0 radical (unpaired) electrons. The summed E-state index contributed by atoms with van der Waals surface area (Å²) in [4.78, 5) is 11.7. The van der Waals surface area contributed by atoms with Crippen molar-refractivity contribution in [3.05, 3.63) is 54.1 Å². The number of azo groups is 1. The summed E-state index contributed by atoms with van der Waals surface area (Å²) in [6, 6.07) is 15.4. The van der Waals surface area contributed by atoms with Gasteiger partial charge in [-0.2, -0.15) is 10.2 Å². The average Bonchev–Trinajstić information content (AvgIpc) is 2.79. The van der Waals surface area contributed by atoms with Crippen LogP contribution >= 0.6 is 0 Å². The highest BCUT2D eigenvalue weighted by Gasteiger charge is 2.07. The first-order valence-electron chi connectivity index (χ1n) is 11.0. The zero-order valence-electron chi connectivity index (χ0n) is 18.5. The molecule has 0 aliphatic rings. The molecular formula is C25H34N2O3. The second-order valence-corrected chi connectivity index (χ2v) is 7.66. The summed E-state index contributed by atoms with van der Waals surface area (Å²) in [6.45, 7) is 6.68. The molecule has 0 N–H and O–H groups in total. The molecule has 2 aromatic carbocycles. The number of carbonyl (C=O) groups excluding carboxylic acids is 1. The Morgan fingerprint density at radius 3 is 2.13 bits per heavy atom. The smallest absolute Gasteiger partial charge is 0.344 e. The Labute approximate surface area is 180 Å². The van der Waals surface area contributed by atoms with Crippen LogP contribution in [0.4, 0.5) is 11.4 Å². The van der Waals surface area contributed by atoms with Gasteiger partial charge in [0.1, 0.15) is 5.75 Å². The molecule has 5 heteroatoms. The molecule has 0 aromatic heterocycles. The fourth-order valence-corrected chi connectivity index (χ4v) is 2.75. The second kappa shape index (κ2) is 13.5. The van der Waals surface area contributed by atoms with Crippen molar-refractivity contribution >= 4 is 17.3 Å². The van der Waals surface area contributed by atoms with Crippen molar-refractivity contribution in [3.8, 4) is 5.75 Å². The molecule has 5 nitrogen and oxygen atoms in total. The maximum absolute atomic E-state index is 11.7. The number of carbonyl (C=O) groups is 1. The minimum absolute atomic E-state index is 0.0951. The molecule has 0 amide bonds. The van der Waals surface area contributed by atoms with Crippen molar-refractivity contribution in [2.75, 3.05) is 13.2 Å². The van der Waals surface area contributed by atoms with Crippen LogP contribution in [-0.2, 0) is 16.0 Å². The highest BCUT2D eigenvalue weighted by atomic mass is 16.6. The van der Waals surface area contributed by atoms with Gasteiger partial charge in [0.15, 0.2) is 6.61 Å². The molecule has 2 aromatic rings. The summed E-state index contributed by atoms with van der Waals surface area (Å²) in [6.07, 6.45) is 7.18. The van der Waals surface area contributed by atoms with E-state index in [1.54, 1.807) is 12.1 Å². The van der Waals surface area contributed by atoms with Crippen LogP contribution in [0.25, 0.3) is 0 Å². The van der Waals surface area contributed by atoms with E-state index in [-0.39, 0.29) is 12.6 Å². The summed E-state index contributed by atoms with van der Waals surface area (Å²) >= 11 is 0. The van der Waals surface area contributed by atoms with E-state index < -0.39 is 0 Å². The lowest BCUT2D eigenvalue weighted by atomic mass is 10.1. The van der Waals surface area contributed by atoms with Crippen molar-refractivity contribution in [3.63, 3.8) is 0 Å². The van der Waals surface area contributed by atoms with Gasteiger partial charge < -0.3 is 9.47 Å². The van der Waals surface area contributed by atoms with E-state index in [0.29, 0.717) is 18.3 Å². The van der Waals surface area contributed by atoms with Crippen molar-refractivity contribution in [2.24, 2.45) is 16.1 Å². The number of ether oxygens (including phenoxy) is 2. The fraction of sp³-hybridized carbons (Fsp3) is 0.480. The molecule has 2 rings (SSSR count). The Bertz CT molecular complexity index is 770. The maximum Gasteiger partial charge on any atom is 0.344 e. The van der Waals surface area contributed by atoms with Crippen molar-refractivity contribution < 1.29 is 14.3 Å². The normalized spacial score (nSPS) is 12.1. The van der Waals surface area contributed by atoms with Gasteiger partial charge in [-0.15, -0.1) is 0 Å². The predicted octanol–water partition coefficient (Wildman–Crippen LogP) is 7.19. The van der Waals surface area contributed by atoms with E-state index >= 15 is 0 Å². The maximum atomic E-state index is 11.7.